The Labute approximate surface area is 149 Å². The predicted molar refractivity (Wildman–Crippen MR) is 97.4 cm³/mol. The number of hydrogen-bond donors (Lipinski definition) is 0. The van der Waals surface area contributed by atoms with E-state index in [9.17, 15) is 4.79 Å². The van der Waals surface area contributed by atoms with Crippen molar-refractivity contribution in [3.05, 3.63) is 48.3 Å². The number of hydrogen-bond acceptors (Lipinski definition) is 3. The molecule has 0 radical (unpaired) electrons. The molecule has 2 saturated heterocycles. The van der Waals surface area contributed by atoms with Crippen molar-refractivity contribution in [2.24, 2.45) is 0 Å². The third-order valence-electron chi connectivity index (χ3n) is 5.47. The fourth-order valence-electron chi connectivity index (χ4n) is 4.08. The van der Waals surface area contributed by atoms with E-state index in [4.69, 9.17) is 0 Å². The number of nitrogens with zero attached hydrogens (tertiary/aromatic N) is 4. The molecule has 4 rings (SSSR count). The van der Waals surface area contributed by atoms with Crippen LogP contribution in [0.25, 0.3) is 5.69 Å². The molecule has 5 heteroatoms. The summed E-state index contributed by atoms with van der Waals surface area (Å²) in [5, 5.41) is 4.49. The van der Waals surface area contributed by atoms with Crippen LogP contribution in [0.4, 0.5) is 0 Å². The first kappa shape index (κ1) is 16.3. The molecule has 0 N–H and O–H groups in total. The highest BCUT2D eigenvalue weighted by Crippen LogP contribution is 2.23. The lowest BCUT2D eigenvalue weighted by atomic mass is 9.99. The standard InChI is InChI=1S/C20H26N4O/c25-20-8-4-5-13-23(20)17-10-14-22(15-11-17)16-19-9-12-21-24(19)18-6-2-1-3-7-18/h1-3,6-7,9,12,17H,4-5,8,10-11,13-16H2. The zero-order valence-electron chi connectivity index (χ0n) is 14.7. The van der Waals surface area contributed by atoms with Crippen molar-refractivity contribution in [3.63, 3.8) is 0 Å². The molecule has 0 atom stereocenters. The van der Waals surface area contributed by atoms with Crippen molar-refractivity contribution in [3.8, 4) is 5.69 Å². The lowest BCUT2D eigenvalue weighted by molar-refractivity contribution is -0.136. The first-order valence-corrected chi connectivity index (χ1v) is 9.41. The Hall–Kier alpha value is -2.14. The molecule has 1 amide bonds. The highest BCUT2D eigenvalue weighted by atomic mass is 16.2. The van der Waals surface area contributed by atoms with Gasteiger partial charge in [0.15, 0.2) is 0 Å². The van der Waals surface area contributed by atoms with E-state index >= 15 is 0 Å². The van der Waals surface area contributed by atoms with Crippen LogP contribution in [0.1, 0.15) is 37.8 Å². The van der Waals surface area contributed by atoms with Gasteiger partial charge in [-0.05, 0) is 43.9 Å². The number of likely N-dealkylation sites (tertiary alicyclic amines) is 2. The number of para-hydroxylation sites is 1. The van der Waals surface area contributed by atoms with E-state index in [0.29, 0.717) is 11.9 Å². The smallest absolute Gasteiger partial charge is 0.222 e. The zero-order valence-corrected chi connectivity index (χ0v) is 14.7. The molecule has 0 aliphatic carbocycles. The molecule has 0 unspecified atom stereocenters. The monoisotopic (exact) mass is 338 g/mol. The van der Waals surface area contributed by atoms with Gasteiger partial charge < -0.3 is 4.90 Å². The SMILES string of the molecule is O=C1CCCCN1C1CCN(Cc2ccnn2-c2ccccc2)CC1. The summed E-state index contributed by atoms with van der Waals surface area (Å²) in [5.41, 5.74) is 2.33. The Morgan fingerprint density at radius 1 is 1.00 bits per heavy atom. The topological polar surface area (TPSA) is 41.4 Å². The van der Waals surface area contributed by atoms with E-state index in [1.807, 2.05) is 29.1 Å². The maximum Gasteiger partial charge on any atom is 0.222 e. The summed E-state index contributed by atoms with van der Waals surface area (Å²) in [6.07, 6.45) is 7.04. The maximum atomic E-state index is 12.1. The van der Waals surface area contributed by atoms with Crippen LogP contribution in [0.3, 0.4) is 0 Å². The van der Waals surface area contributed by atoms with Gasteiger partial charge in [-0.25, -0.2) is 4.68 Å². The second-order valence-corrected chi connectivity index (χ2v) is 7.12. The summed E-state index contributed by atoms with van der Waals surface area (Å²) in [6.45, 7) is 3.97. The van der Waals surface area contributed by atoms with Crippen molar-refractivity contribution in [1.29, 1.82) is 0 Å². The molecule has 0 spiro atoms. The first-order valence-electron chi connectivity index (χ1n) is 9.41. The van der Waals surface area contributed by atoms with Gasteiger partial charge in [-0.3, -0.25) is 9.69 Å². The molecule has 1 aromatic carbocycles. The number of piperidine rings is 2. The molecule has 2 aliphatic heterocycles. The van der Waals surface area contributed by atoms with Gasteiger partial charge in [0.2, 0.25) is 5.91 Å². The van der Waals surface area contributed by atoms with Gasteiger partial charge in [0.1, 0.15) is 0 Å². The van der Waals surface area contributed by atoms with Gasteiger partial charge in [0, 0.05) is 44.8 Å². The van der Waals surface area contributed by atoms with E-state index in [-0.39, 0.29) is 0 Å². The largest absolute Gasteiger partial charge is 0.340 e. The summed E-state index contributed by atoms with van der Waals surface area (Å²) >= 11 is 0. The van der Waals surface area contributed by atoms with E-state index in [1.165, 1.54) is 12.1 Å². The van der Waals surface area contributed by atoms with Gasteiger partial charge in [-0.1, -0.05) is 18.2 Å². The molecule has 3 heterocycles. The predicted octanol–water partition coefficient (Wildman–Crippen LogP) is 2.85. The average molecular weight is 338 g/mol. The number of aromatic nitrogens is 2. The van der Waals surface area contributed by atoms with Crippen LogP contribution >= 0.6 is 0 Å². The normalized spacial score (nSPS) is 20.2. The van der Waals surface area contributed by atoms with Gasteiger partial charge in [-0.2, -0.15) is 5.10 Å². The third-order valence-corrected chi connectivity index (χ3v) is 5.47. The van der Waals surface area contributed by atoms with Crippen molar-refractivity contribution < 1.29 is 4.79 Å². The number of carbonyl (C=O) groups excluding carboxylic acids is 1. The molecule has 0 bridgehead atoms. The van der Waals surface area contributed by atoms with Crippen LogP contribution in [0, 0.1) is 0 Å². The number of amides is 1. The Morgan fingerprint density at radius 2 is 1.80 bits per heavy atom. The summed E-state index contributed by atoms with van der Waals surface area (Å²) in [7, 11) is 0. The molecular formula is C20H26N4O. The van der Waals surface area contributed by atoms with Crippen molar-refractivity contribution in [1.82, 2.24) is 19.6 Å². The molecule has 5 nitrogen and oxygen atoms in total. The van der Waals surface area contributed by atoms with E-state index in [1.54, 1.807) is 0 Å². The number of benzene rings is 1. The van der Waals surface area contributed by atoms with Crippen LogP contribution in [0.2, 0.25) is 0 Å². The summed E-state index contributed by atoms with van der Waals surface area (Å²) in [5.74, 6) is 0.367. The van der Waals surface area contributed by atoms with Gasteiger partial charge >= 0.3 is 0 Å². The minimum atomic E-state index is 0.367. The van der Waals surface area contributed by atoms with Gasteiger partial charge in [-0.15, -0.1) is 0 Å². The Bertz CT molecular complexity index is 703. The fraction of sp³-hybridized carbons (Fsp3) is 0.500. The molecule has 2 fully saturated rings. The maximum absolute atomic E-state index is 12.1. The van der Waals surface area contributed by atoms with Crippen LogP contribution in [-0.4, -0.2) is 51.2 Å². The van der Waals surface area contributed by atoms with Crippen molar-refractivity contribution in [2.45, 2.75) is 44.7 Å². The minimum Gasteiger partial charge on any atom is -0.340 e. The Kier molecular flexibility index (Phi) is 4.83. The van der Waals surface area contributed by atoms with Crippen LogP contribution in [0.5, 0.6) is 0 Å². The second-order valence-electron chi connectivity index (χ2n) is 7.12. The molecule has 132 valence electrons. The summed E-state index contributed by atoms with van der Waals surface area (Å²) < 4.78 is 2.03. The van der Waals surface area contributed by atoms with E-state index in [0.717, 1.165) is 57.5 Å². The Balaban J connectivity index is 1.37. The van der Waals surface area contributed by atoms with Crippen molar-refractivity contribution in [2.75, 3.05) is 19.6 Å². The Morgan fingerprint density at radius 3 is 2.56 bits per heavy atom. The second kappa shape index (κ2) is 7.40. The quantitative estimate of drug-likeness (QED) is 0.861. The minimum absolute atomic E-state index is 0.367. The van der Waals surface area contributed by atoms with Crippen LogP contribution < -0.4 is 0 Å². The van der Waals surface area contributed by atoms with Crippen molar-refractivity contribution >= 4 is 5.91 Å². The van der Waals surface area contributed by atoms with E-state index in [2.05, 4.69) is 33.1 Å². The van der Waals surface area contributed by atoms with Gasteiger partial charge in [0.25, 0.3) is 0 Å². The highest BCUT2D eigenvalue weighted by Gasteiger charge is 2.29. The average Bonchev–Trinajstić information content (AvgIpc) is 3.12. The lowest BCUT2D eigenvalue weighted by Crippen LogP contribution is -2.48. The number of carbonyl (C=O) groups is 1. The van der Waals surface area contributed by atoms with Crippen LogP contribution in [0.15, 0.2) is 42.6 Å². The molecule has 25 heavy (non-hydrogen) atoms. The lowest BCUT2D eigenvalue weighted by Gasteiger charge is -2.40. The van der Waals surface area contributed by atoms with Gasteiger partial charge in [0.05, 0.1) is 11.4 Å². The third kappa shape index (κ3) is 3.61. The molecule has 2 aliphatic rings. The molecule has 2 aromatic rings. The molecular weight excluding hydrogens is 312 g/mol. The summed E-state index contributed by atoms with van der Waals surface area (Å²) in [4.78, 5) is 16.8. The fourth-order valence-corrected chi connectivity index (χ4v) is 4.08. The highest BCUT2D eigenvalue weighted by molar-refractivity contribution is 5.77. The van der Waals surface area contributed by atoms with E-state index < -0.39 is 0 Å². The molecule has 0 saturated carbocycles. The molecule has 1 aromatic heterocycles. The van der Waals surface area contributed by atoms with Crippen LogP contribution in [-0.2, 0) is 11.3 Å². The number of rotatable bonds is 4. The first-order chi connectivity index (χ1) is 12.3. The zero-order chi connectivity index (χ0) is 17.1. The summed E-state index contributed by atoms with van der Waals surface area (Å²) in [6, 6.07) is 12.8.